The SMILES string of the molecule is CCCCCCCCCCCCCCCC(=O)N1CC[C@H](OP(OCCC#N)N(C(C)C)C(C)C)C1. The van der Waals surface area contributed by atoms with Crippen molar-refractivity contribution >= 4 is 14.4 Å². The van der Waals surface area contributed by atoms with Gasteiger partial charge in [0.15, 0.2) is 0 Å². The molecule has 0 radical (unpaired) electrons. The second kappa shape index (κ2) is 21.2. The van der Waals surface area contributed by atoms with E-state index in [0.29, 0.717) is 26.0 Å². The van der Waals surface area contributed by atoms with Gasteiger partial charge >= 0.3 is 0 Å². The maximum atomic E-state index is 12.7. The van der Waals surface area contributed by atoms with Crippen LogP contribution >= 0.6 is 8.53 Å². The minimum atomic E-state index is -1.25. The average molecular weight is 526 g/mol. The Hall–Kier alpha value is -0.730. The van der Waals surface area contributed by atoms with Gasteiger partial charge in [0.1, 0.15) is 0 Å². The van der Waals surface area contributed by atoms with E-state index in [4.69, 9.17) is 14.3 Å². The second-order valence-electron chi connectivity index (χ2n) is 10.9. The summed E-state index contributed by atoms with van der Waals surface area (Å²) in [6, 6.07) is 2.72. The van der Waals surface area contributed by atoms with Crippen molar-refractivity contribution in [2.45, 2.75) is 156 Å². The Labute approximate surface area is 224 Å². The number of amides is 1. The summed E-state index contributed by atoms with van der Waals surface area (Å²) in [4.78, 5) is 14.7. The molecule has 0 saturated carbocycles. The van der Waals surface area contributed by atoms with Crippen molar-refractivity contribution in [3.05, 3.63) is 0 Å². The molecule has 6 nitrogen and oxygen atoms in total. The van der Waals surface area contributed by atoms with Crippen molar-refractivity contribution in [1.82, 2.24) is 9.57 Å². The molecule has 1 amide bonds. The Morgan fingerprint density at radius 1 is 0.944 bits per heavy atom. The number of hydrogen-bond acceptors (Lipinski definition) is 5. The summed E-state index contributed by atoms with van der Waals surface area (Å²) >= 11 is 0. The first-order valence-corrected chi connectivity index (χ1v) is 16.1. The summed E-state index contributed by atoms with van der Waals surface area (Å²) in [5, 5.41) is 8.89. The molecule has 0 aromatic rings. The van der Waals surface area contributed by atoms with Crippen molar-refractivity contribution < 1.29 is 13.8 Å². The predicted molar refractivity (Wildman–Crippen MR) is 152 cm³/mol. The third-order valence-electron chi connectivity index (χ3n) is 6.89. The molecule has 1 saturated heterocycles. The van der Waals surface area contributed by atoms with E-state index in [9.17, 15) is 4.79 Å². The third kappa shape index (κ3) is 14.9. The highest BCUT2D eigenvalue weighted by Gasteiger charge is 2.34. The number of carbonyl (C=O) groups excluding carboxylic acids is 1. The van der Waals surface area contributed by atoms with E-state index in [-0.39, 0.29) is 24.1 Å². The number of nitriles is 1. The lowest BCUT2D eigenvalue weighted by molar-refractivity contribution is -0.130. The number of carbonyl (C=O) groups is 1. The molecule has 0 bridgehead atoms. The van der Waals surface area contributed by atoms with Crippen molar-refractivity contribution in [1.29, 1.82) is 5.26 Å². The number of nitrogens with zero attached hydrogens (tertiary/aromatic N) is 3. The molecule has 210 valence electrons. The number of rotatable bonds is 22. The van der Waals surface area contributed by atoms with Crippen LogP contribution in [-0.2, 0) is 13.8 Å². The maximum absolute atomic E-state index is 12.7. The summed E-state index contributed by atoms with van der Waals surface area (Å²) in [6.45, 7) is 12.7. The van der Waals surface area contributed by atoms with Crippen molar-refractivity contribution in [3.63, 3.8) is 0 Å². The largest absolute Gasteiger partial charge is 0.340 e. The fourth-order valence-corrected chi connectivity index (χ4v) is 6.65. The Morgan fingerprint density at radius 2 is 1.47 bits per heavy atom. The third-order valence-corrected chi connectivity index (χ3v) is 9.08. The van der Waals surface area contributed by atoms with Crippen molar-refractivity contribution in [2.75, 3.05) is 19.7 Å². The van der Waals surface area contributed by atoms with Gasteiger partial charge in [-0.15, -0.1) is 0 Å². The molecule has 0 aromatic heterocycles. The predicted octanol–water partition coefficient (Wildman–Crippen LogP) is 8.36. The lowest BCUT2D eigenvalue weighted by Gasteiger charge is -2.36. The second-order valence-corrected chi connectivity index (χ2v) is 12.3. The molecule has 1 rings (SSSR count). The first-order chi connectivity index (χ1) is 17.4. The van der Waals surface area contributed by atoms with Gasteiger partial charge in [-0.05, 0) is 40.5 Å². The molecule has 7 heteroatoms. The minimum absolute atomic E-state index is 0.00814. The summed E-state index contributed by atoms with van der Waals surface area (Å²) in [6.07, 6.45) is 19.1. The Balaban J connectivity index is 2.21. The summed E-state index contributed by atoms with van der Waals surface area (Å²) < 4.78 is 14.7. The van der Waals surface area contributed by atoms with Crippen LogP contribution in [0.3, 0.4) is 0 Å². The molecular formula is C29H56N3O3P. The molecular weight excluding hydrogens is 469 g/mol. The first-order valence-electron chi connectivity index (χ1n) is 14.9. The highest BCUT2D eigenvalue weighted by molar-refractivity contribution is 7.44. The molecule has 2 atom stereocenters. The Kier molecular flexibility index (Phi) is 19.6. The molecule has 0 N–H and O–H groups in total. The topological polar surface area (TPSA) is 65.8 Å². The molecule has 1 aliphatic heterocycles. The standard InChI is InChI=1S/C29H56N3O3P/c1-6-7-8-9-10-11-12-13-14-15-16-17-18-20-29(33)31-23-21-28(25-31)35-36(34-24-19-22-30)32(26(2)3)27(4)5/h26-28H,6-21,23-25H2,1-5H3/t28-,36?/m0/s1. The smallest absolute Gasteiger partial charge is 0.259 e. The van der Waals surface area contributed by atoms with E-state index in [2.05, 4.69) is 45.4 Å². The Morgan fingerprint density at radius 3 is 1.97 bits per heavy atom. The summed E-state index contributed by atoms with van der Waals surface area (Å²) in [7, 11) is -1.25. The highest BCUT2D eigenvalue weighted by Crippen LogP contribution is 2.48. The average Bonchev–Trinajstić information content (AvgIpc) is 3.30. The van der Waals surface area contributed by atoms with Gasteiger partial charge < -0.3 is 13.9 Å². The molecule has 1 fully saturated rings. The Bertz CT molecular complexity index is 589. The van der Waals surface area contributed by atoms with Crippen LogP contribution in [0, 0.1) is 11.3 Å². The zero-order chi connectivity index (χ0) is 26.6. The highest BCUT2D eigenvalue weighted by atomic mass is 31.2. The fraction of sp³-hybridized carbons (Fsp3) is 0.931. The van der Waals surface area contributed by atoms with Crippen LogP contribution in [0.5, 0.6) is 0 Å². The van der Waals surface area contributed by atoms with E-state index >= 15 is 0 Å². The molecule has 0 aromatic carbocycles. The zero-order valence-corrected chi connectivity index (χ0v) is 25.1. The van der Waals surface area contributed by atoms with E-state index in [0.717, 1.165) is 25.8 Å². The first kappa shape index (κ1) is 33.3. The molecule has 1 unspecified atom stereocenters. The molecule has 0 spiro atoms. The molecule has 0 aliphatic carbocycles. The van der Waals surface area contributed by atoms with Crippen LogP contribution in [0.2, 0.25) is 0 Å². The van der Waals surface area contributed by atoms with E-state index in [1.54, 1.807) is 0 Å². The van der Waals surface area contributed by atoms with E-state index in [1.165, 1.54) is 70.6 Å². The van der Waals surface area contributed by atoms with Gasteiger partial charge in [-0.3, -0.25) is 4.79 Å². The monoisotopic (exact) mass is 525 g/mol. The normalized spacial score (nSPS) is 16.9. The number of likely N-dealkylation sites (tertiary alicyclic amines) is 1. The van der Waals surface area contributed by atoms with E-state index in [1.807, 2.05) is 4.90 Å². The lowest BCUT2D eigenvalue weighted by atomic mass is 10.0. The van der Waals surface area contributed by atoms with Crippen LogP contribution < -0.4 is 0 Å². The maximum Gasteiger partial charge on any atom is 0.259 e. The van der Waals surface area contributed by atoms with Crippen molar-refractivity contribution in [3.8, 4) is 6.07 Å². The van der Waals surface area contributed by atoms with E-state index < -0.39 is 8.53 Å². The quantitative estimate of drug-likeness (QED) is 0.105. The van der Waals surface area contributed by atoms with Crippen LogP contribution in [-0.4, -0.2) is 53.4 Å². The van der Waals surface area contributed by atoms with Crippen LogP contribution in [0.15, 0.2) is 0 Å². The number of unbranched alkanes of at least 4 members (excludes halogenated alkanes) is 12. The number of hydrogen-bond donors (Lipinski definition) is 0. The van der Waals surface area contributed by atoms with Crippen LogP contribution in [0.4, 0.5) is 0 Å². The molecule has 36 heavy (non-hydrogen) atoms. The fourth-order valence-electron chi connectivity index (χ4n) is 4.91. The molecule has 1 aliphatic rings. The van der Waals surface area contributed by atoms with Gasteiger partial charge in [0.25, 0.3) is 8.53 Å². The van der Waals surface area contributed by atoms with Crippen molar-refractivity contribution in [2.24, 2.45) is 0 Å². The van der Waals surface area contributed by atoms with Gasteiger partial charge in [-0.2, -0.15) is 5.26 Å². The van der Waals surface area contributed by atoms with Gasteiger partial charge in [-0.25, -0.2) is 4.67 Å². The van der Waals surface area contributed by atoms with Gasteiger partial charge in [-0.1, -0.05) is 84.0 Å². The summed E-state index contributed by atoms with van der Waals surface area (Å²) in [5.41, 5.74) is 0. The molecule has 1 heterocycles. The van der Waals surface area contributed by atoms with Crippen LogP contribution in [0.1, 0.15) is 137 Å². The summed E-state index contributed by atoms with van der Waals surface area (Å²) in [5.74, 6) is 0.267. The van der Waals surface area contributed by atoms with Gasteiger partial charge in [0.2, 0.25) is 5.91 Å². The minimum Gasteiger partial charge on any atom is -0.340 e. The van der Waals surface area contributed by atoms with Crippen LogP contribution in [0.25, 0.3) is 0 Å². The van der Waals surface area contributed by atoms with Gasteiger partial charge in [0.05, 0.1) is 25.2 Å². The van der Waals surface area contributed by atoms with Gasteiger partial charge in [0, 0.05) is 31.6 Å². The zero-order valence-electron chi connectivity index (χ0n) is 24.2. The lowest BCUT2D eigenvalue weighted by Crippen LogP contribution is -2.35.